The molecule has 0 radical (unpaired) electrons. The maximum Gasteiger partial charge on any atom is 0.335 e. The normalized spacial score (nSPS) is 11.7. The molecule has 0 aliphatic carbocycles. The molecule has 180 valence electrons. The highest BCUT2D eigenvalue weighted by Crippen LogP contribution is 2.22. The van der Waals surface area contributed by atoms with Crippen LogP contribution in [0.1, 0.15) is 37.8 Å². The number of aryl methyl sites for hydroxylation is 1. The van der Waals surface area contributed by atoms with Crippen LogP contribution in [-0.2, 0) is 31.9 Å². The van der Waals surface area contributed by atoms with Crippen molar-refractivity contribution in [3.63, 3.8) is 0 Å². The van der Waals surface area contributed by atoms with E-state index in [1.54, 1.807) is 6.92 Å². The number of carbonyl (C=O) groups excluding carboxylic acids is 2. The number of rotatable bonds is 13. The van der Waals surface area contributed by atoms with Gasteiger partial charge in [-0.1, -0.05) is 73.8 Å². The van der Waals surface area contributed by atoms with E-state index in [2.05, 4.69) is 49.6 Å². The quantitative estimate of drug-likeness (QED) is 0.246. The van der Waals surface area contributed by atoms with Crippen molar-refractivity contribution in [3.05, 3.63) is 96.1 Å². The average Bonchev–Trinajstić information content (AvgIpc) is 2.84. The van der Waals surface area contributed by atoms with Crippen LogP contribution in [0.15, 0.2) is 85.0 Å². The van der Waals surface area contributed by atoms with Crippen molar-refractivity contribution in [1.29, 1.82) is 0 Å². The van der Waals surface area contributed by atoms with Crippen LogP contribution in [0.2, 0.25) is 0 Å². The first-order valence-corrected chi connectivity index (χ1v) is 11.5. The van der Waals surface area contributed by atoms with E-state index >= 15 is 0 Å². The van der Waals surface area contributed by atoms with E-state index in [1.165, 1.54) is 5.56 Å². The minimum absolute atomic E-state index is 0.0168. The van der Waals surface area contributed by atoms with Crippen LogP contribution in [0.4, 0.5) is 0 Å². The molecule has 2 aromatic carbocycles. The second kappa shape index (κ2) is 14.0. The highest BCUT2D eigenvalue weighted by molar-refractivity contribution is 5.88. The summed E-state index contributed by atoms with van der Waals surface area (Å²) in [5.74, 6) is -1.15. The number of carbonyl (C=O) groups is 2. The van der Waals surface area contributed by atoms with Gasteiger partial charge in [-0.25, -0.2) is 9.59 Å². The summed E-state index contributed by atoms with van der Waals surface area (Å²) in [4.78, 5) is 23.8. The molecule has 0 aromatic heterocycles. The minimum atomic E-state index is -0.662. The van der Waals surface area contributed by atoms with Gasteiger partial charge >= 0.3 is 11.9 Å². The fourth-order valence-corrected chi connectivity index (χ4v) is 3.28. The molecule has 34 heavy (non-hydrogen) atoms. The molecule has 0 fully saturated rings. The SMILES string of the molecule is C=C(C)C(=O)OC(CCOC(=O)C(=C)CO)Cc1ccc(-c2ccc(CC/C=C/C)cc2)cc1. The van der Waals surface area contributed by atoms with Crippen LogP contribution in [0.3, 0.4) is 0 Å². The van der Waals surface area contributed by atoms with Gasteiger partial charge in [0.1, 0.15) is 6.10 Å². The van der Waals surface area contributed by atoms with Crippen molar-refractivity contribution in [1.82, 2.24) is 0 Å². The summed E-state index contributed by atoms with van der Waals surface area (Å²) in [6, 6.07) is 16.7. The van der Waals surface area contributed by atoms with Crippen molar-refractivity contribution in [2.24, 2.45) is 0 Å². The predicted octanol–water partition coefficient (Wildman–Crippen LogP) is 5.37. The van der Waals surface area contributed by atoms with Crippen molar-refractivity contribution in [2.45, 2.75) is 45.6 Å². The monoisotopic (exact) mass is 462 g/mol. The highest BCUT2D eigenvalue weighted by atomic mass is 16.6. The molecule has 1 atom stereocenters. The van der Waals surface area contributed by atoms with Crippen LogP contribution in [0.5, 0.6) is 0 Å². The molecule has 2 aromatic rings. The molecular formula is C29H34O5. The number of hydrogen-bond acceptors (Lipinski definition) is 5. The Morgan fingerprint density at radius 1 is 0.971 bits per heavy atom. The molecule has 5 nitrogen and oxygen atoms in total. The van der Waals surface area contributed by atoms with Crippen molar-refractivity contribution in [2.75, 3.05) is 13.2 Å². The lowest BCUT2D eigenvalue weighted by Crippen LogP contribution is -2.24. The Hall–Kier alpha value is -3.44. The second-order valence-corrected chi connectivity index (χ2v) is 8.20. The maximum atomic E-state index is 12.1. The third kappa shape index (κ3) is 8.83. The van der Waals surface area contributed by atoms with Crippen molar-refractivity contribution in [3.8, 4) is 11.1 Å². The molecule has 0 saturated carbocycles. The molecule has 0 amide bonds. The van der Waals surface area contributed by atoms with Gasteiger partial charge in [0, 0.05) is 18.4 Å². The Kier molecular flexibility index (Phi) is 11.0. The molecular weight excluding hydrogens is 428 g/mol. The Labute approximate surface area is 202 Å². The van der Waals surface area contributed by atoms with E-state index in [1.807, 2.05) is 31.2 Å². The lowest BCUT2D eigenvalue weighted by Gasteiger charge is -2.18. The Morgan fingerprint density at radius 3 is 2.09 bits per heavy atom. The number of hydrogen-bond donors (Lipinski definition) is 1. The Morgan fingerprint density at radius 2 is 1.56 bits per heavy atom. The zero-order valence-corrected chi connectivity index (χ0v) is 20.1. The summed E-state index contributed by atoms with van der Waals surface area (Å²) in [7, 11) is 0. The number of esters is 2. The molecule has 5 heteroatoms. The number of aliphatic hydroxyl groups excluding tert-OH is 1. The lowest BCUT2D eigenvalue weighted by molar-refractivity contribution is -0.146. The highest BCUT2D eigenvalue weighted by Gasteiger charge is 2.17. The van der Waals surface area contributed by atoms with E-state index < -0.39 is 24.6 Å². The lowest BCUT2D eigenvalue weighted by atomic mass is 9.99. The fraction of sp³-hybridized carbons (Fsp3) is 0.310. The van der Waals surface area contributed by atoms with Gasteiger partial charge in [0.15, 0.2) is 0 Å². The number of aliphatic hydroxyl groups is 1. The van der Waals surface area contributed by atoms with Gasteiger partial charge in [0.05, 0.1) is 18.8 Å². The maximum absolute atomic E-state index is 12.1. The molecule has 1 unspecified atom stereocenters. The van der Waals surface area contributed by atoms with Gasteiger partial charge in [-0.2, -0.15) is 0 Å². The Bertz CT molecular complexity index is 1000. The molecule has 0 saturated heterocycles. The summed E-state index contributed by atoms with van der Waals surface area (Å²) in [5, 5.41) is 8.97. The summed E-state index contributed by atoms with van der Waals surface area (Å²) in [6.45, 7) is 10.3. The molecule has 0 aliphatic heterocycles. The third-order valence-electron chi connectivity index (χ3n) is 5.31. The van der Waals surface area contributed by atoms with Crippen LogP contribution in [0, 0.1) is 0 Å². The first-order chi connectivity index (χ1) is 16.3. The number of ether oxygens (including phenoxy) is 2. The standard InChI is InChI=1S/C29H34O5/c1-5-6-7-8-23-9-13-25(14-10-23)26-15-11-24(12-16-26)19-27(34-28(31)21(2)3)17-18-33-29(32)22(4)20-30/h5-6,9-16,27,30H,2,4,7-8,17-20H2,1,3H3/b6-5+. The molecule has 0 bridgehead atoms. The molecule has 0 heterocycles. The predicted molar refractivity (Wildman–Crippen MR) is 135 cm³/mol. The molecule has 0 spiro atoms. The minimum Gasteiger partial charge on any atom is -0.462 e. The summed E-state index contributed by atoms with van der Waals surface area (Å²) < 4.78 is 10.7. The Balaban J connectivity index is 2.02. The van der Waals surface area contributed by atoms with Crippen LogP contribution in [0.25, 0.3) is 11.1 Å². The average molecular weight is 463 g/mol. The third-order valence-corrected chi connectivity index (χ3v) is 5.31. The molecule has 2 rings (SSSR count). The number of benzene rings is 2. The van der Waals surface area contributed by atoms with Gasteiger partial charge in [0.2, 0.25) is 0 Å². The summed E-state index contributed by atoms with van der Waals surface area (Å²) in [5.41, 5.74) is 4.84. The van der Waals surface area contributed by atoms with Gasteiger partial charge in [-0.05, 0) is 48.9 Å². The van der Waals surface area contributed by atoms with Gasteiger partial charge in [-0.3, -0.25) is 0 Å². The second-order valence-electron chi connectivity index (χ2n) is 8.20. The topological polar surface area (TPSA) is 72.8 Å². The van der Waals surface area contributed by atoms with Gasteiger partial charge in [-0.15, -0.1) is 0 Å². The van der Waals surface area contributed by atoms with E-state index in [9.17, 15) is 9.59 Å². The van der Waals surface area contributed by atoms with Crippen LogP contribution < -0.4 is 0 Å². The first-order valence-electron chi connectivity index (χ1n) is 11.5. The summed E-state index contributed by atoms with van der Waals surface area (Å²) in [6.07, 6.45) is 6.61. The van der Waals surface area contributed by atoms with Crippen molar-refractivity contribution < 1.29 is 24.2 Å². The van der Waals surface area contributed by atoms with Gasteiger partial charge < -0.3 is 14.6 Å². The van der Waals surface area contributed by atoms with Crippen molar-refractivity contribution >= 4 is 11.9 Å². The van der Waals surface area contributed by atoms with E-state index in [-0.39, 0.29) is 12.2 Å². The smallest absolute Gasteiger partial charge is 0.335 e. The molecule has 1 N–H and O–H groups in total. The van der Waals surface area contributed by atoms with E-state index in [0.717, 1.165) is 29.5 Å². The zero-order valence-electron chi connectivity index (χ0n) is 20.1. The van der Waals surface area contributed by atoms with Crippen LogP contribution >= 0.6 is 0 Å². The molecule has 0 aliphatic rings. The number of allylic oxidation sites excluding steroid dienone is 2. The summed E-state index contributed by atoms with van der Waals surface area (Å²) >= 11 is 0. The zero-order chi connectivity index (χ0) is 24.9. The fourth-order valence-electron chi connectivity index (χ4n) is 3.28. The van der Waals surface area contributed by atoms with Crippen LogP contribution in [-0.4, -0.2) is 36.4 Å². The van der Waals surface area contributed by atoms with E-state index in [4.69, 9.17) is 14.6 Å². The van der Waals surface area contributed by atoms with Gasteiger partial charge in [0.25, 0.3) is 0 Å². The van der Waals surface area contributed by atoms with E-state index in [0.29, 0.717) is 18.4 Å². The first kappa shape index (κ1) is 26.8. The largest absolute Gasteiger partial charge is 0.462 e.